The van der Waals surface area contributed by atoms with Gasteiger partial charge >= 0.3 is 0 Å². The summed E-state index contributed by atoms with van der Waals surface area (Å²) in [6, 6.07) is 10.0. The number of nitro benzene ring substituents is 1. The van der Waals surface area contributed by atoms with Gasteiger partial charge in [-0.15, -0.1) is 11.6 Å². The van der Waals surface area contributed by atoms with Gasteiger partial charge in [0.1, 0.15) is 0 Å². The number of hydrogen-bond acceptors (Lipinski definition) is 3. The normalized spacial score (nSPS) is 10.2. The maximum Gasteiger partial charge on any atom is 0.270 e. The molecule has 5 heteroatoms. The van der Waals surface area contributed by atoms with Gasteiger partial charge in [0, 0.05) is 29.8 Å². The van der Waals surface area contributed by atoms with Crippen molar-refractivity contribution in [2.75, 3.05) is 0 Å². The van der Waals surface area contributed by atoms with Gasteiger partial charge in [-0.3, -0.25) is 15.1 Å². The summed E-state index contributed by atoms with van der Waals surface area (Å²) in [5, 5.41) is 10.7. The van der Waals surface area contributed by atoms with Crippen molar-refractivity contribution in [2.45, 2.75) is 5.88 Å². The van der Waals surface area contributed by atoms with Crippen LogP contribution >= 0.6 is 11.6 Å². The topological polar surface area (TPSA) is 56.0 Å². The van der Waals surface area contributed by atoms with Crippen LogP contribution < -0.4 is 0 Å². The molecule has 86 valence electrons. The number of nitro groups is 1. The van der Waals surface area contributed by atoms with Gasteiger partial charge in [0.2, 0.25) is 0 Å². The van der Waals surface area contributed by atoms with Crippen molar-refractivity contribution in [1.82, 2.24) is 4.98 Å². The highest BCUT2D eigenvalue weighted by Gasteiger charge is 2.07. The lowest BCUT2D eigenvalue weighted by Crippen LogP contribution is -1.90. The third-order valence-corrected chi connectivity index (χ3v) is 2.64. The van der Waals surface area contributed by atoms with Gasteiger partial charge < -0.3 is 0 Å². The van der Waals surface area contributed by atoms with E-state index in [4.69, 9.17) is 11.6 Å². The zero-order valence-electron chi connectivity index (χ0n) is 8.84. The standard InChI is InChI=1S/C12H9ClN2O2/c13-8-9-4-5-14-12(6-9)10-2-1-3-11(7-10)15(16)17/h1-7H,8H2. The number of halogens is 1. The fourth-order valence-electron chi connectivity index (χ4n) is 1.49. The van der Waals surface area contributed by atoms with Crippen LogP contribution in [0.5, 0.6) is 0 Å². The fourth-order valence-corrected chi connectivity index (χ4v) is 1.66. The van der Waals surface area contributed by atoms with Crippen LogP contribution in [0.1, 0.15) is 5.56 Å². The maximum absolute atomic E-state index is 10.7. The third kappa shape index (κ3) is 2.60. The van der Waals surface area contributed by atoms with E-state index in [9.17, 15) is 10.1 Å². The molecule has 0 aliphatic carbocycles. The van der Waals surface area contributed by atoms with Crippen molar-refractivity contribution >= 4 is 17.3 Å². The molecule has 0 aliphatic rings. The molecule has 17 heavy (non-hydrogen) atoms. The molecule has 2 aromatic rings. The Morgan fingerprint density at radius 2 is 2.12 bits per heavy atom. The first kappa shape index (κ1) is 11.5. The summed E-state index contributed by atoms with van der Waals surface area (Å²) in [5.41, 5.74) is 2.39. The molecule has 0 fully saturated rings. The largest absolute Gasteiger partial charge is 0.270 e. The summed E-state index contributed by atoms with van der Waals surface area (Å²) >= 11 is 5.73. The lowest BCUT2D eigenvalue weighted by molar-refractivity contribution is -0.384. The minimum Gasteiger partial charge on any atom is -0.258 e. The van der Waals surface area contributed by atoms with E-state index in [0.717, 1.165) is 5.56 Å². The van der Waals surface area contributed by atoms with E-state index in [1.165, 1.54) is 12.1 Å². The Morgan fingerprint density at radius 1 is 1.29 bits per heavy atom. The molecule has 0 saturated heterocycles. The first-order chi connectivity index (χ1) is 8.20. The van der Waals surface area contributed by atoms with Crippen molar-refractivity contribution in [3.8, 4) is 11.3 Å². The molecule has 0 unspecified atom stereocenters. The van der Waals surface area contributed by atoms with Crippen molar-refractivity contribution in [2.24, 2.45) is 0 Å². The zero-order valence-corrected chi connectivity index (χ0v) is 9.59. The predicted octanol–water partition coefficient (Wildman–Crippen LogP) is 3.40. The van der Waals surface area contributed by atoms with E-state index >= 15 is 0 Å². The second kappa shape index (κ2) is 4.93. The molecule has 2 rings (SSSR count). The number of nitrogens with zero attached hydrogens (tertiary/aromatic N) is 2. The average molecular weight is 249 g/mol. The summed E-state index contributed by atoms with van der Waals surface area (Å²) in [4.78, 5) is 14.4. The van der Waals surface area contributed by atoms with E-state index in [1.807, 2.05) is 12.1 Å². The van der Waals surface area contributed by atoms with E-state index in [1.54, 1.807) is 18.3 Å². The Bertz CT molecular complexity index is 558. The third-order valence-electron chi connectivity index (χ3n) is 2.33. The van der Waals surface area contributed by atoms with Crippen LogP contribution in [-0.2, 0) is 5.88 Å². The highest BCUT2D eigenvalue weighted by atomic mass is 35.5. The molecule has 0 spiro atoms. The Hall–Kier alpha value is -1.94. The molecule has 0 amide bonds. The minimum absolute atomic E-state index is 0.0561. The van der Waals surface area contributed by atoms with Crippen LogP contribution in [0.2, 0.25) is 0 Å². The van der Waals surface area contributed by atoms with Crippen LogP contribution in [0.4, 0.5) is 5.69 Å². The predicted molar refractivity (Wildman–Crippen MR) is 65.9 cm³/mol. The lowest BCUT2D eigenvalue weighted by atomic mass is 10.1. The summed E-state index contributed by atoms with van der Waals surface area (Å²) in [7, 11) is 0. The van der Waals surface area contributed by atoms with Crippen LogP contribution in [-0.4, -0.2) is 9.91 Å². The number of alkyl halides is 1. The van der Waals surface area contributed by atoms with Gasteiger partial charge in [-0.05, 0) is 17.7 Å². The molecule has 1 heterocycles. The van der Waals surface area contributed by atoms with Crippen molar-refractivity contribution in [3.05, 3.63) is 58.3 Å². The Morgan fingerprint density at radius 3 is 2.82 bits per heavy atom. The van der Waals surface area contributed by atoms with Gasteiger partial charge in [-0.2, -0.15) is 0 Å². The number of non-ortho nitro benzene ring substituents is 1. The second-order valence-electron chi connectivity index (χ2n) is 3.49. The van der Waals surface area contributed by atoms with Gasteiger partial charge in [0.25, 0.3) is 5.69 Å². The number of aromatic nitrogens is 1. The van der Waals surface area contributed by atoms with Crippen molar-refractivity contribution in [3.63, 3.8) is 0 Å². The zero-order chi connectivity index (χ0) is 12.3. The van der Waals surface area contributed by atoms with Crippen LogP contribution in [0.3, 0.4) is 0 Å². The molecule has 0 atom stereocenters. The molecule has 0 aliphatic heterocycles. The number of pyridine rings is 1. The molecule has 4 nitrogen and oxygen atoms in total. The van der Waals surface area contributed by atoms with Gasteiger partial charge in [-0.25, -0.2) is 0 Å². The second-order valence-corrected chi connectivity index (χ2v) is 3.76. The Kier molecular flexibility index (Phi) is 3.35. The maximum atomic E-state index is 10.7. The smallest absolute Gasteiger partial charge is 0.258 e. The molecule has 0 radical (unpaired) electrons. The van der Waals surface area contributed by atoms with Gasteiger partial charge in [0.05, 0.1) is 10.6 Å². The summed E-state index contributed by atoms with van der Waals surface area (Å²) < 4.78 is 0. The lowest BCUT2D eigenvalue weighted by Gasteiger charge is -2.02. The number of rotatable bonds is 3. The molecule has 0 saturated carbocycles. The van der Waals surface area contributed by atoms with Gasteiger partial charge in [0.15, 0.2) is 0 Å². The van der Waals surface area contributed by atoms with Crippen molar-refractivity contribution < 1.29 is 4.92 Å². The first-order valence-electron chi connectivity index (χ1n) is 4.96. The summed E-state index contributed by atoms with van der Waals surface area (Å²) in [6.07, 6.45) is 1.64. The molecular formula is C12H9ClN2O2. The van der Waals surface area contributed by atoms with Crippen LogP contribution in [0.15, 0.2) is 42.6 Å². The average Bonchev–Trinajstić information content (AvgIpc) is 2.39. The summed E-state index contributed by atoms with van der Waals surface area (Å²) in [5.74, 6) is 0.393. The fraction of sp³-hybridized carbons (Fsp3) is 0.0833. The van der Waals surface area contributed by atoms with Crippen molar-refractivity contribution in [1.29, 1.82) is 0 Å². The van der Waals surface area contributed by atoms with Crippen LogP contribution in [0, 0.1) is 10.1 Å². The highest BCUT2D eigenvalue weighted by molar-refractivity contribution is 6.17. The summed E-state index contributed by atoms with van der Waals surface area (Å²) in [6.45, 7) is 0. The number of hydrogen-bond donors (Lipinski definition) is 0. The Labute approximate surface area is 103 Å². The van der Waals surface area contributed by atoms with Crippen LogP contribution in [0.25, 0.3) is 11.3 Å². The van der Waals surface area contributed by atoms with E-state index in [2.05, 4.69) is 4.98 Å². The molecule has 0 bridgehead atoms. The minimum atomic E-state index is -0.422. The molecule has 1 aromatic heterocycles. The Balaban J connectivity index is 2.45. The highest BCUT2D eigenvalue weighted by Crippen LogP contribution is 2.22. The van der Waals surface area contributed by atoms with E-state index < -0.39 is 4.92 Å². The molecular weight excluding hydrogens is 240 g/mol. The van der Waals surface area contributed by atoms with Gasteiger partial charge in [-0.1, -0.05) is 12.1 Å². The number of benzene rings is 1. The molecule has 0 N–H and O–H groups in total. The monoisotopic (exact) mass is 248 g/mol. The van der Waals surface area contributed by atoms with E-state index in [-0.39, 0.29) is 5.69 Å². The van der Waals surface area contributed by atoms with E-state index in [0.29, 0.717) is 17.1 Å². The quantitative estimate of drug-likeness (QED) is 0.475. The molecule has 1 aromatic carbocycles. The SMILES string of the molecule is O=[N+]([O-])c1cccc(-c2cc(CCl)ccn2)c1. The first-order valence-corrected chi connectivity index (χ1v) is 5.50.